The summed E-state index contributed by atoms with van der Waals surface area (Å²) >= 11 is 0. The van der Waals surface area contributed by atoms with Gasteiger partial charge in [0.05, 0.1) is 0 Å². The topological polar surface area (TPSA) is 43.1 Å². The van der Waals surface area contributed by atoms with Gasteiger partial charge in [-0.2, -0.15) is 0 Å². The van der Waals surface area contributed by atoms with Crippen LogP contribution in [0.4, 0.5) is 0 Å². The molecule has 1 rings (SSSR count). The maximum absolute atomic E-state index is 11.2. The van der Waals surface area contributed by atoms with E-state index in [0.29, 0.717) is 17.8 Å². The molecule has 1 aliphatic rings. The highest BCUT2D eigenvalue weighted by atomic mass is 16.1. The van der Waals surface area contributed by atoms with Gasteiger partial charge in [-0.15, -0.1) is 0 Å². The summed E-state index contributed by atoms with van der Waals surface area (Å²) in [4.78, 5) is 11.2. The van der Waals surface area contributed by atoms with E-state index in [-0.39, 0.29) is 11.8 Å². The van der Waals surface area contributed by atoms with Gasteiger partial charge in [-0.3, -0.25) is 4.79 Å². The Labute approximate surface area is 80.9 Å². The monoisotopic (exact) mass is 183 g/mol. The van der Waals surface area contributed by atoms with Crippen LogP contribution in [0, 0.1) is 23.7 Å². The van der Waals surface area contributed by atoms with Crippen LogP contribution in [0.1, 0.15) is 40.0 Å². The van der Waals surface area contributed by atoms with Gasteiger partial charge < -0.3 is 5.73 Å². The first-order valence-electron chi connectivity index (χ1n) is 5.31. The number of hydrogen-bond acceptors (Lipinski definition) is 1. The first kappa shape index (κ1) is 10.6. The van der Waals surface area contributed by atoms with E-state index in [4.69, 9.17) is 5.73 Å². The van der Waals surface area contributed by atoms with E-state index >= 15 is 0 Å². The lowest BCUT2D eigenvalue weighted by atomic mass is 9.70. The molecule has 2 nitrogen and oxygen atoms in total. The van der Waals surface area contributed by atoms with Crippen LogP contribution >= 0.6 is 0 Å². The van der Waals surface area contributed by atoms with E-state index < -0.39 is 0 Å². The van der Waals surface area contributed by atoms with Crippen molar-refractivity contribution in [3.8, 4) is 0 Å². The average molecular weight is 183 g/mol. The maximum atomic E-state index is 11.2. The molecule has 0 spiro atoms. The van der Waals surface area contributed by atoms with Crippen LogP contribution in [0.25, 0.3) is 0 Å². The number of rotatable bonds is 2. The molecular formula is C11H21NO. The lowest BCUT2D eigenvalue weighted by Gasteiger charge is -2.35. The summed E-state index contributed by atoms with van der Waals surface area (Å²) in [6.07, 6.45) is 3.43. The number of nitrogens with two attached hydrogens (primary N) is 1. The highest BCUT2D eigenvalue weighted by molar-refractivity contribution is 5.77. The summed E-state index contributed by atoms with van der Waals surface area (Å²) in [6.45, 7) is 6.60. The summed E-state index contributed by atoms with van der Waals surface area (Å²) < 4.78 is 0. The van der Waals surface area contributed by atoms with Gasteiger partial charge >= 0.3 is 0 Å². The molecule has 0 aromatic carbocycles. The fraction of sp³-hybridized carbons (Fsp3) is 0.909. The minimum absolute atomic E-state index is 0.0924. The van der Waals surface area contributed by atoms with Crippen molar-refractivity contribution in [1.29, 1.82) is 0 Å². The molecule has 1 aliphatic carbocycles. The number of carbonyl (C=O) groups is 1. The number of hydrogen-bond donors (Lipinski definition) is 1. The van der Waals surface area contributed by atoms with E-state index in [1.54, 1.807) is 0 Å². The Kier molecular flexibility index (Phi) is 3.34. The van der Waals surface area contributed by atoms with Gasteiger partial charge in [0.1, 0.15) is 0 Å². The lowest BCUT2D eigenvalue weighted by molar-refractivity contribution is -0.125. The molecule has 2 heteroatoms. The zero-order valence-corrected chi connectivity index (χ0v) is 8.92. The Morgan fingerprint density at radius 2 is 2.00 bits per heavy atom. The second-order valence-corrected chi connectivity index (χ2v) is 4.83. The Hall–Kier alpha value is -0.530. The summed E-state index contributed by atoms with van der Waals surface area (Å²) in [5.74, 6) is 1.82. The zero-order chi connectivity index (χ0) is 10.0. The van der Waals surface area contributed by atoms with Crippen LogP contribution in [0.5, 0.6) is 0 Å². The van der Waals surface area contributed by atoms with Gasteiger partial charge in [0, 0.05) is 5.92 Å². The summed E-state index contributed by atoms with van der Waals surface area (Å²) in [5.41, 5.74) is 5.42. The van der Waals surface area contributed by atoms with Crippen LogP contribution < -0.4 is 5.73 Å². The number of amides is 1. The van der Waals surface area contributed by atoms with Crippen molar-refractivity contribution in [3.63, 3.8) is 0 Å². The Morgan fingerprint density at radius 3 is 2.46 bits per heavy atom. The van der Waals surface area contributed by atoms with Crippen molar-refractivity contribution in [1.82, 2.24) is 0 Å². The summed E-state index contributed by atoms with van der Waals surface area (Å²) in [7, 11) is 0. The van der Waals surface area contributed by atoms with Crippen LogP contribution in [0.2, 0.25) is 0 Å². The molecule has 1 amide bonds. The van der Waals surface area contributed by atoms with Crippen LogP contribution in [0.3, 0.4) is 0 Å². The number of primary amides is 1. The third kappa shape index (κ3) is 2.45. The minimum Gasteiger partial charge on any atom is -0.369 e. The van der Waals surface area contributed by atoms with Crippen molar-refractivity contribution in [2.75, 3.05) is 0 Å². The maximum Gasteiger partial charge on any atom is 0.220 e. The molecule has 0 radical (unpaired) electrons. The van der Waals surface area contributed by atoms with E-state index in [1.165, 1.54) is 12.8 Å². The van der Waals surface area contributed by atoms with Crippen molar-refractivity contribution >= 4 is 5.91 Å². The molecule has 0 saturated heterocycles. The zero-order valence-electron chi connectivity index (χ0n) is 8.92. The highest BCUT2D eigenvalue weighted by Gasteiger charge is 2.33. The second kappa shape index (κ2) is 4.12. The molecule has 3 atom stereocenters. The van der Waals surface area contributed by atoms with Gasteiger partial charge in [-0.1, -0.05) is 27.2 Å². The van der Waals surface area contributed by atoms with Crippen LogP contribution in [-0.4, -0.2) is 5.91 Å². The predicted octanol–water partition coefficient (Wildman–Crippen LogP) is 2.18. The molecule has 13 heavy (non-hydrogen) atoms. The molecule has 0 aromatic rings. The summed E-state index contributed by atoms with van der Waals surface area (Å²) in [5, 5.41) is 0. The molecular weight excluding hydrogens is 162 g/mol. The summed E-state index contributed by atoms with van der Waals surface area (Å²) in [6, 6.07) is 0. The standard InChI is InChI=1S/C11H21NO/c1-7(2)9-5-4-8(3)6-10(9)11(12)13/h7-10H,4-6H2,1-3H3,(H2,12,13)/t8-,9?,10?/m0/s1. The van der Waals surface area contributed by atoms with Crippen molar-refractivity contribution in [3.05, 3.63) is 0 Å². The largest absolute Gasteiger partial charge is 0.369 e. The first-order chi connectivity index (χ1) is 6.02. The Balaban J connectivity index is 2.66. The van der Waals surface area contributed by atoms with E-state index in [9.17, 15) is 4.79 Å². The van der Waals surface area contributed by atoms with Crippen LogP contribution in [-0.2, 0) is 4.79 Å². The molecule has 2 N–H and O–H groups in total. The molecule has 0 bridgehead atoms. The predicted molar refractivity (Wildman–Crippen MR) is 54.0 cm³/mol. The Morgan fingerprint density at radius 1 is 1.38 bits per heavy atom. The van der Waals surface area contributed by atoms with E-state index in [0.717, 1.165) is 6.42 Å². The Bertz CT molecular complexity index is 189. The quantitative estimate of drug-likeness (QED) is 0.700. The minimum atomic E-state index is -0.0924. The molecule has 76 valence electrons. The van der Waals surface area contributed by atoms with Gasteiger partial charge in [0.15, 0.2) is 0 Å². The average Bonchev–Trinajstić information content (AvgIpc) is 2.03. The van der Waals surface area contributed by atoms with Gasteiger partial charge in [0.25, 0.3) is 0 Å². The van der Waals surface area contributed by atoms with Crippen molar-refractivity contribution in [2.24, 2.45) is 29.4 Å². The third-order valence-corrected chi connectivity index (χ3v) is 3.39. The highest BCUT2D eigenvalue weighted by Crippen LogP contribution is 2.37. The lowest BCUT2D eigenvalue weighted by Crippen LogP contribution is -2.37. The first-order valence-corrected chi connectivity index (χ1v) is 5.31. The SMILES string of the molecule is CC(C)C1CC[C@H](C)CC1C(N)=O. The molecule has 0 aromatic heterocycles. The van der Waals surface area contributed by atoms with E-state index in [2.05, 4.69) is 20.8 Å². The van der Waals surface area contributed by atoms with Gasteiger partial charge in [-0.25, -0.2) is 0 Å². The van der Waals surface area contributed by atoms with Gasteiger partial charge in [-0.05, 0) is 30.6 Å². The smallest absolute Gasteiger partial charge is 0.220 e. The third-order valence-electron chi connectivity index (χ3n) is 3.39. The fourth-order valence-electron chi connectivity index (χ4n) is 2.53. The second-order valence-electron chi connectivity index (χ2n) is 4.83. The normalized spacial score (nSPS) is 34.9. The fourth-order valence-corrected chi connectivity index (χ4v) is 2.53. The van der Waals surface area contributed by atoms with Crippen molar-refractivity contribution in [2.45, 2.75) is 40.0 Å². The molecule has 0 aliphatic heterocycles. The molecule has 0 heterocycles. The van der Waals surface area contributed by atoms with Crippen LogP contribution in [0.15, 0.2) is 0 Å². The van der Waals surface area contributed by atoms with Gasteiger partial charge in [0.2, 0.25) is 5.91 Å². The number of carbonyl (C=O) groups excluding carboxylic acids is 1. The van der Waals surface area contributed by atoms with Crippen molar-refractivity contribution < 1.29 is 4.79 Å². The molecule has 1 fully saturated rings. The molecule has 2 unspecified atom stereocenters. The van der Waals surface area contributed by atoms with E-state index in [1.807, 2.05) is 0 Å². The molecule has 1 saturated carbocycles.